The van der Waals surface area contributed by atoms with Gasteiger partial charge in [0.05, 0.1) is 23.0 Å². The third-order valence-electron chi connectivity index (χ3n) is 6.35. The van der Waals surface area contributed by atoms with Crippen LogP contribution < -0.4 is 10.3 Å². The molecule has 0 aliphatic carbocycles. The van der Waals surface area contributed by atoms with Crippen molar-refractivity contribution >= 4 is 0 Å². The molecule has 3 heterocycles. The average Bonchev–Trinajstić information content (AvgIpc) is 3.11. The Balaban J connectivity index is 1.66. The van der Waals surface area contributed by atoms with Crippen LogP contribution in [-0.2, 0) is 7.05 Å². The Hall–Kier alpha value is -3.85. The predicted molar refractivity (Wildman–Crippen MR) is 128 cm³/mol. The van der Waals surface area contributed by atoms with Crippen LogP contribution in [0, 0.1) is 11.6 Å². The molecule has 0 N–H and O–H groups in total. The lowest BCUT2D eigenvalue weighted by molar-refractivity contribution is 0.203. The lowest BCUT2D eigenvalue weighted by Gasteiger charge is -2.31. The number of benzene rings is 2. The van der Waals surface area contributed by atoms with Crippen molar-refractivity contribution in [3.8, 4) is 34.3 Å². The van der Waals surface area contributed by atoms with E-state index in [0.29, 0.717) is 22.5 Å². The molecule has 1 saturated heterocycles. The molecule has 0 atom stereocenters. The van der Waals surface area contributed by atoms with Gasteiger partial charge >= 0.3 is 6.01 Å². The Morgan fingerprint density at radius 1 is 0.971 bits per heavy atom. The first-order chi connectivity index (χ1) is 16.9. The normalized spacial score (nSPS) is 14.9. The summed E-state index contributed by atoms with van der Waals surface area (Å²) in [5, 5.41) is 0. The summed E-state index contributed by atoms with van der Waals surface area (Å²) in [7, 11) is 3.82. The van der Waals surface area contributed by atoms with Gasteiger partial charge in [-0.3, -0.25) is 14.2 Å². The van der Waals surface area contributed by atoms with E-state index in [0.717, 1.165) is 25.9 Å². The van der Waals surface area contributed by atoms with Gasteiger partial charge in [-0.05, 0) is 68.9 Å². The highest BCUT2D eigenvalue weighted by Gasteiger charge is 2.29. The van der Waals surface area contributed by atoms with Gasteiger partial charge in [0.1, 0.15) is 17.4 Å². The molecule has 0 unspecified atom stereocenters. The molecule has 4 aromatic rings. The summed E-state index contributed by atoms with van der Waals surface area (Å²) in [6.07, 6.45) is 3.28. The van der Waals surface area contributed by atoms with E-state index < -0.39 is 5.82 Å². The zero-order chi connectivity index (χ0) is 24.5. The van der Waals surface area contributed by atoms with E-state index in [4.69, 9.17) is 4.74 Å². The molecular formula is C26H25F2N5O2. The molecule has 2 aromatic heterocycles. The smallest absolute Gasteiger partial charge is 0.322 e. The van der Waals surface area contributed by atoms with Gasteiger partial charge in [0.2, 0.25) is 0 Å². The first-order valence-electron chi connectivity index (χ1n) is 11.4. The summed E-state index contributed by atoms with van der Waals surface area (Å²) in [6, 6.07) is 13.4. The van der Waals surface area contributed by atoms with Crippen LogP contribution in [0.15, 0.2) is 65.6 Å². The second kappa shape index (κ2) is 9.42. The molecule has 0 amide bonds. The van der Waals surface area contributed by atoms with Crippen LogP contribution in [0.25, 0.3) is 22.5 Å². The molecule has 2 aromatic carbocycles. The van der Waals surface area contributed by atoms with Crippen LogP contribution in [0.2, 0.25) is 0 Å². The van der Waals surface area contributed by atoms with Crippen LogP contribution in [0.5, 0.6) is 11.8 Å². The minimum Gasteiger partial charge on any atom is -0.424 e. The molecule has 1 aliphatic rings. The van der Waals surface area contributed by atoms with Gasteiger partial charge in [0.15, 0.2) is 0 Å². The quantitative estimate of drug-likeness (QED) is 0.419. The highest BCUT2D eigenvalue weighted by atomic mass is 19.1. The van der Waals surface area contributed by atoms with Gasteiger partial charge in [0.25, 0.3) is 5.56 Å². The van der Waals surface area contributed by atoms with Crippen LogP contribution >= 0.6 is 0 Å². The van der Waals surface area contributed by atoms with Gasteiger partial charge in [-0.2, -0.15) is 4.98 Å². The van der Waals surface area contributed by atoms with Gasteiger partial charge in [0, 0.05) is 19.3 Å². The van der Waals surface area contributed by atoms with Crippen molar-refractivity contribution in [2.75, 3.05) is 20.1 Å². The topological polar surface area (TPSA) is 65.2 Å². The standard InChI is InChI=1S/C26H25F2N5O2/c1-31-14-11-20(12-15-31)33-24(23(25(34)32(33)2)17-6-8-18(27)9-7-17)22-10-13-29-26(30-22)35-21-5-3-4-19(28)16-21/h3-10,13,16,20H,11-12,14-15H2,1-2H3. The number of halogens is 2. The Morgan fingerprint density at radius 3 is 2.43 bits per heavy atom. The molecule has 180 valence electrons. The largest absolute Gasteiger partial charge is 0.424 e. The number of hydrogen-bond donors (Lipinski definition) is 0. The zero-order valence-corrected chi connectivity index (χ0v) is 19.5. The van der Waals surface area contributed by atoms with Crippen molar-refractivity contribution in [2.45, 2.75) is 18.9 Å². The lowest BCUT2D eigenvalue weighted by Crippen LogP contribution is -2.34. The lowest BCUT2D eigenvalue weighted by atomic mass is 10.0. The minimum absolute atomic E-state index is 0.0318. The van der Waals surface area contributed by atoms with Crippen molar-refractivity contribution in [1.29, 1.82) is 0 Å². The van der Waals surface area contributed by atoms with E-state index in [1.165, 1.54) is 30.3 Å². The number of hydrogen-bond acceptors (Lipinski definition) is 5. The Bertz CT molecular complexity index is 1410. The second-order valence-electron chi connectivity index (χ2n) is 8.72. The average molecular weight is 478 g/mol. The number of nitrogens with zero attached hydrogens (tertiary/aromatic N) is 5. The SMILES string of the molecule is CN1CCC(n2c(-c3ccnc(Oc4cccc(F)c4)n3)c(-c3ccc(F)cc3)c(=O)n2C)CC1. The van der Waals surface area contributed by atoms with Crippen LogP contribution in [0.4, 0.5) is 8.78 Å². The van der Waals surface area contributed by atoms with E-state index in [9.17, 15) is 13.6 Å². The highest BCUT2D eigenvalue weighted by molar-refractivity contribution is 5.79. The molecule has 7 nitrogen and oxygen atoms in total. The van der Waals surface area contributed by atoms with Crippen LogP contribution in [0.3, 0.4) is 0 Å². The molecule has 5 rings (SSSR count). The molecule has 35 heavy (non-hydrogen) atoms. The Kier molecular flexibility index (Phi) is 6.17. The van der Waals surface area contributed by atoms with Gasteiger partial charge in [-0.1, -0.05) is 18.2 Å². The van der Waals surface area contributed by atoms with Gasteiger partial charge < -0.3 is 9.64 Å². The molecule has 1 fully saturated rings. The van der Waals surface area contributed by atoms with E-state index in [2.05, 4.69) is 21.9 Å². The van der Waals surface area contributed by atoms with Crippen molar-refractivity contribution in [1.82, 2.24) is 24.2 Å². The third kappa shape index (κ3) is 4.59. The fraction of sp³-hybridized carbons (Fsp3) is 0.269. The van der Waals surface area contributed by atoms with E-state index in [-0.39, 0.29) is 29.2 Å². The summed E-state index contributed by atoms with van der Waals surface area (Å²) in [6.45, 7) is 1.81. The maximum absolute atomic E-state index is 13.7. The van der Waals surface area contributed by atoms with Crippen molar-refractivity contribution in [3.63, 3.8) is 0 Å². The summed E-state index contributed by atoms with van der Waals surface area (Å²) in [5.41, 5.74) is 1.94. The zero-order valence-electron chi connectivity index (χ0n) is 19.5. The minimum atomic E-state index is -0.434. The summed E-state index contributed by atoms with van der Waals surface area (Å²) in [5.74, 6) is -0.548. The van der Waals surface area contributed by atoms with Crippen LogP contribution in [0.1, 0.15) is 18.9 Å². The number of aromatic nitrogens is 4. The Labute approximate surface area is 201 Å². The molecule has 9 heteroatoms. The first kappa shape index (κ1) is 22.9. The van der Waals surface area contributed by atoms with Gasteiger partial charge in [-0.25, -0.2) is 13.8 Å². The number of ether oxygens (including phenoxy) is 1. The molecule has 0 saturated carbocycles. The van der Waals surface area contributed by atoms with E-state index in [1.807, 2.05) is 4.68 Å². The second-order valence-corrected chi connectivity index (χ2v) is 8.72. The molecule has 0 spiro atoms. The highest BCUT2D eigenvalue weighted by Crippen LogP contribution is 2.35. The van der Waals surface area contributed by atoms with E-state index in [1.54, 1.807) is 42.2 Å². The van der Waals surface area contributed by atoms with Crippen molar-refractivity contribution < 1.29 is 13.5 Å². The first-order valence-corrected chi connectivity index (χ1v) is 11.4. The van der Waals surface area contributed by atoms with Crippen molar-refractivity contribution in [3.05, 3.63) is 82.8 Å². The van der Waals surface area contributed by atoms with Gasteiger partial charge in [-0.15, -0.1) is 0 Å². The summed E-state index contributed by atoms with van der Waals surface area (Å²) in [4.78, 5) is 24.5. The molecule has 0 radical (unpaired) electrons. The van der Waals surface area contributed by atoms with E-state index >= 15 is 0 Å². The maximum atomic E-state index is 13.7. The van der Waals surface area contributed by atoms with Crippen LogP contribution in [-0.4, -0.2) is 44.4 Å². The fourth-order valence-electron chi connectivity index (χ4n) is 4.57. The maximum Gasteiger partial charge on any atom is 0.322 e. The predicted octanol–water partition coefficient (Wildman–Crippen LogP) is 4.65. The number of piperidine rings is 1. The number of likely N-dealkylation sites (tertiary alicyclic amines) is 1. The third-order valence-corrected chi connectivity index (χ3v) is 6.35. The summed E-state index contributed by atoms with van der Waals surface area (Å²) < 4.78 is 36.6. The molecular weight excluding hydrogens is 452 g/mol. The summed E-state index contributed by atoms with van der Waals surface area (Å²) >= 11 is 0. The van der Waals surface area contributed by atoms with Crippen molar-refractivity contribution in [2.24, 2.45) is 7.05 Å². The molecule has 0 bridgehead atoms. The molecule has 1 aliphatic heterocycles. The fourth-order valence-corrected chi connectivity index (χ4v) is 4.57. The Morgan fingerprint density at radius 2 is 1.71 bits per heavy atom. The monoisotopic (exact) mass is 477 g/mol. The number of rotatable bonds is 5.